The van der Waals surface area contributed by atoms with Gasteiger partial charge in [-0.15, -0.1) is 11.3 Å². The molecule has 1 saturated heterocycles. The van der Waals surface area contributed by atoms with Gasteiger partial charge in [0.2, 0.25) is 15.9 Å². The lowest BCUT2D eigenvalue weighted by atomic mass is 10.0. The molecular weight excluding hydrogens is 530 g/mol. The van der Waals surface area contributed by atoms with Crippen molar-refractivity contribution in [3.05, 3.63) is 45.8 Å². The highest BCUT2D eigenvalue weighted by molar-refractivity contribution is 7.89. The number of carbonyl (C=O) groups is 3. The van der Waals surface area contributed by atoms with Gasteiger partial charge in [0.25, 0.3) is 11.8 Å². The third kappa shape index (κ3) is 5.61. The van der Waals surface area contributed by atoms with E-state index in [4.69, 9.17) is 4.74 Å². The van der Waals surface area contributed by atoms with Gasteiger partial charge in [0.15, 0.2) is 0 Å². The van der Waals surface area contributed by atoms with Gasteiger partial charge in [-0.1, -0.05) is 0 Å². The Labute approximate surface area is 226 Å². The van der Waals surface area contributed by atoms with Crippen LogP contribution in [0.2, 0.25) is 0 Å². The lowest BCUT2D eigenvalue weighted by Crippen LogP contribution is -2.44. The molecule has 1 fully saturated rings. The molecule has 1 aromatic heterocycles. The molecular formula is C25H33N5O6S2. The van der Waals surface area contributed by atoms with Gasteiger partial charge in [-0.3, -0.25) is 30.1 Å². The van der Waals surface area contributed by atoms with Crippen LogP contribution in [0.1, 0.15) is 65.8 Å². The summed E-state index contributed by atoms with van der Waals surface area (Å²) in [7, 11) is -3.81. The molecule has 2 aliphatic heterocycles. The molecule has 0 aliphatic carbocycles. The van der Waals surface area contributed by atoms with Gasteiger partial charge >= 0.3 is 0 Å². The maximum absolute atomic E-state index is 13.2. The van der Waals surface area contributed by atoms with Crippen LogP contribution in [0.15, 0.2) is 29.2 Å². The molecule has 0 saturated carbocycles. The van der Waals surface area contributed by atoms with Crippen molar-refractivity contribution < 1.29 is 27.5 Å². The highest BCUT2D eigenvalue weighted by atomic mass is 32.2. The number of nitrogens with zero attached hydrogens (tertiary/aromatic N) is 2. The molecule has 2 aliphatic rings. The minimum atomic E-state index is -3.81. The van der Waals surface area contributed by atoms with Crippen LogP contribution in [0.5, 0.6) is 0 Å². The summed E-state index contributed by atoms with van der Waals surface area (Å²) in [5.74, 6) is -1.41. The Hall–Kier alpha value is -2.84. The first kappa shape index (κ1) is 28.2. The fraction of sp³-hybridized carbons (Fsp3) is 0.480. The van der Waals surface area contributed by atoms with Crippen molar-refractivity contribution in [3.8, 4) is 0 Å². The van der Waals surface area contributed by atoms with E-state index in [1.165, 1.54) is 46.8 Å². The van der Waals surface area contributed by atoms with Gasteiger partial charge in [0.05, 0.1) is 22.6 Å². The van der Waals surface area contributed by atoms with E-state index < -0.39 is 33.3 Å². The zero-order valence-corrected chi connectivity index (χ0v) is 23.7. The molecule has 0 spiro atoms. The van der Waals surface area contributed by atoms with Gasteiger partial charge < -0.3 is 10.1 Å². The molecule has 0 bridgehead atoms. The number of hydrogen-bond donors (Lipinski definition) is 3. The lowest BCUT2D eigenvalue weighted by Gasteiger charge is -2.30. The van der Waals surface area contributed by atoms with Crippen molar-refractivity contribution in [3.63, 3.8) is 0 Å². The maximum atomic E-state index is 13.2. The number of benzene rings is 1. The summed E-state index contributed by atoms with van der Waals surface area (Å²) < 4.78 is 32.9. The minimum Gasteiger partial charge on any atom is -0.363 e. The molecule has 0 radical (unpaired) electrons. The number of sulfonamides is 1. The summed E-state index contributed by atoms with van der Waals surface area (Å²) in [6, 6.07) is 5.99. The quantitative estimate of drug-likeness (QED) is 0.459. The number of anilines is 1. The fourth-order valence-corrected chi connectivity index (χ4v) is 7.42. The van der Waals surface area contributed by atoms with Crippen molar-refractivity contribution in [1.29, 1.82) is 0 Å². The summed E-state index contributed by atoms with van der Waals surface area (Å²) >= 11 is 1.33. The van der Waals surface area contributed by atoms with Crippen LogP contribution in [0.4, 0.5) is 5.00 Å². The molecule has 0 unspecified atom stereocenters. The van der Waals surface area contributed by atoms with Gasteiger partial charge in [-0.2, -0.15) is 4.31 Å². The monoisotopic (exact) mass is 563 g/mol. The van der Waals surface area contributed by atoms with E-state index in [1.807, 2.05) is 0 Å². The van der Waals surface area contributed by atoms with Gasteiger partial charge in [0, 0.05) is 36.5 Å². The number of carbonyl (C=O) groups excluding carboxylic acids is 3. The molecule has 1 aromatic carbocycles. The van der Waals surface area contributed by atoms with E-state index in [-0.39, 0.29) is 17.2 Å². The topological polar surface area (TPSA) is 137 Å². The first-order valence-electron chi connectivity index (χ1n) is 12.3. The van der Waals surface area contributed by atoms with Crippen molar-refractivity contribution in [1.82, 2.24) is 20.1 Å². The third-order valence-corrected chi connectivity index (χ3v) is 9.85. The van der Waals surface area contributed by atoms with E-state index >= 15 is 0 Å². The van der Waals surface area contributed by atoms with Crippen molar-refractivity contribution in [2.45, 2.75) is 64.1 Å². The van der Waals surface area contributed by atoms with E-state index in [1.54, 1.807) is 13.8 Å². The Morgan fingerprint density at radius 3 is 2.34 bits per heavy atom. The average Bonchev–Trinajstić information content (AvgIpc) is 3.41. The van der Waals surface area contributed by atoms with Crippen LogP contribution in [0.3, 0.4) is 0 Å². The minimum absolute atomic E-state index is 0.0296. The average molecular weight is 564 g/mol. The molecule has 206 valence electrons. The van der Waals surface area contributed by atoms with Crippen LogP contribution in [0, 0.1) is 0 Å². The normalized spacial score (nSPS) is 17.7. The van der Waals surface area contributed by atoms with Gasteiger partial charge in [-0.25, -0.2) is 8.42 Å². The molecule has 3 heterocycles. The standard InChI is InChI=1S/C25H33N5O6S2/c1-15(2)29-11-10-19-20(12-29)37-24(21(19)23(33)28-27-16(3)31)26-22(32)17-6-8-18(9-7-17)38(34,35)30-14-36-13-25(30,4)5/h6-9,15H,10-14H2,1-5H3,(H,26,32)(H,27,31)(H,28,33). The van der Waals surface area contributed by atoms with Crippen molar-refractivity contribution in [2.75, 3.05) is 25.2 Å². The second-order valence-electron chi connectivity index (χ2n) is 10.3. The number of amides is 3. The predicted molar refractivity (Wildman–Crippen MR) is 143 cm³/mol. The number of nitrogens with one attached hydrogen (secondary N) is 3. The van der Waals surface area contributed by atoms with Gasteiger partial charge in [0.1, 0.15) is 11.7 Å². The SMILES string of the molecule is CC(=O)NNC(=O)c1c(NC(=O)c2ccc(S(=O)(=O)N3COCC3(C)C)cc2)sc2c1CCN(C(C)C)C2. The Kier molecular flexibility index (Phi) is 7.96. The number of ether oxygens (including phenoxy) is 1. The summed E-state index contributed by atoms with van der Waals surface area (Å²) in [6.45, 7) is 10.8. The Morgan fingerprint density at radius 2 is 1.76 bits per heavy atom. The second kappa shape index (κ2) is 10.7. The largest absolute Gasteiger partial charge is 0.363 e. The first-order valence-corrected chi connectivity index (χ1v) is 14.5. The van der Waals surface area contributed by atoms with E-state index in [9.17, 15) is 22.8 Å². The Balaban J connectivity index is 1.58. The highest BCUT2D eigenvalue weighted by Crippen LogP contribution is 2.38. The van der Waals surface area contributed by atoms with E-state index in [0.29, 0.717) is 36.2 Å². The number of rotatable bonds is 6. The predicted octanol–water partition coefficient (Wildman–Crippen LogP) is 2.30. The van der Waals surface area contributed by atoms with Crippen molar-refractivity contribution >= 4 is 44.1 Å². The second-order valence-corrected chi connectivity index (χ2v) is 13.2. The molecule has 2 aromatic rings. The molecule has 38 heavy (non-hydrogen) atoms. The smallest absolute Gasteiger partial charge is 0.272 e. The van der Waals surface area contributed by atoms with Crippen molar-refractivity contribution in [2.24, 2.45) is 0 Å². The Morgan fingerprint density at radius 1 is 1.08 bits per heavy atom. The molecule has 11 nitrogen and oxygen atoms in total. The zero-order chi connectivity index (χ0) is 27.8. The summed E-state index contributed by atoms with van der Waals surface area (Å²) in [4.78, 5) is 40.8. The summed E-state index contributed by atoms with van der Waals surface area (Å²) in [5, 5.41) is 3.21. The van der Waals surface area contributed by atoms with E-state index in [2.05, 4.69) is 34.9 Å². The third-order valence-electron chi connectivity index (χ3n) is 6.67. The maximum Gasteiger partial charge on any atom is 0.272 e. The Bertz CT molecular complexity index is 1350. The number of fused-ring (bicyclic) bond motifs is 1. The number of thiophene rings is 1. The van der Waals surface area contributed by atoms with Gasteiger partial charge in [-0.05, 0) is 63.9 Å². The molecule has 13 heteroatoms. The molecule has 3 amide bonds. The van der Waals surface area contributed by atoms with Crippen LogP contribution in [-0.2, 0) is 32.5 Å². The first-order chi connectivity index (χ1) is 17.8. The fourth-order valence-electron chi connectivity index (χ4n) is 4.50. The summed E-state index contributed by atoms with van der Waals surface area (Å²) in [5.41, 5.74) is 5.44. The zero-order valence-electron chi connectivity index (χ0n) is 22.1. The van der Waals surface area contributed by atoms with Crippen LogP contribution < -0.4 is 16.2 Å². The number of hydrogen-bond acceptors (Lipinski definition) is 8. The highest BCUT2D eigenvalue weighted by Gasteiger charge is 2.42. The van der Waals surface area contributed by atoms with Crippen LogP contribution in [-0.4, -0.2) is 66.8 Å². The molecule has 4 rings (SSSR count). The molecule has 3 N–H and O–H groups in total. The number of hydrazine groups is 1. The van der Waals surface area contributed by atoms with E-state index in [0.717, 1.165) is 17.0 Å². The lowest BCUT2D eigenvalue weighted by molar-refractivity contribution is -0.119. The van der Waals surface area contributed by atoms with Crippen LogP contribution >= 0.6 is 11.3 Å². The van der Waals surface area contributed by atoms with Crippen LogP contribution in [0.25, 0.3) is 0 Å². The summed E-state index contributed by atoms with van der Waals surface area (Å²) in [6.07, 6.45) is 0.631. The molecule has 0 atom stereocenters.